The first-order valence-electron chi connectivity index (χ1n) is 10.1. The number of H-pyrrole nitrogens is 1. The number of hydrogen-bond donors (Lipinski definition) is 2. The van der Waals surface area contributed by atoms with Crippen LogP contribution in [0.2, 0.25) is 0 Å². The number of nitrogens with zero attached hydrogens (tertiary/aromatic N) is 1. The molecule has 4 atom stereocenters. The lowest BCUT2D eigenvalue weighted by molar-refractivity contribution is -0.0604. The number of esters is 2. The highest BCUT2D eigenvalue weighted by Crippen LogP contribution is 2.34. The van der Waals surface area contributed by atoms with Crippen molar-refractivity contribution in [2.75, 3.05) is 6.61 Å². The molecule has 10 nitrogen and oxygen atoms in total. The number of aromatic nitrogens is 2. The van der Waals surface area contributed by atoms with Crippen molar-refractivity contribution in [1.82, 2.24) is 9.55 Å². The van der Waals surface area contributed by atoms with Crippen molar-refractivity contribution in [3.63, 3.8) is 0 Å². The zero-order valence-electron chi connectivity index (χ0n) is 17.2. The van der Waals surface area contributed by atoms with Crippen LogP contribution in [0, 0.1) is 0 Å². The number of aliphatic hydroxyl groups excluding tert-OH is 1. The molecule has 1 fully saturated rings. The molecule has 0 aliphatic carbocycles. The third kappa shape index (κ3) is 4.76. The van der Waals surface area contributed by atoms with Crippen LogP contribution in [0.4, 0.5) is 0 Å². The van der Waals surface area contributed by atoms with Crippen molar-refractivity contribution in [2.24, 2.45) is 0 Å². The molecule has 4 unspecified atom stereocenters. The molecule has 170 valence electrons. The summed E-state index contributed by atoms with van der Waals surface area (Å²) in [7, 11) is 0. The van der Waals surface area contributed by atoms with Gasteiger partial charge in [-0.2, -0.15) is 0 Å². The molecule has 0 spiro atoms. The minimum absolute atomic E-state index is 0.227. The number of rotatable bonds is 6. The van der Waals surface area contributed by atoms with E-state index in [1.165, 1.54) is 18.3 Å². The van der Waals surface area contributed by atoms with Crippen LogP contribution in [0.3, 0.4) is 0 Å². The quantitative estimate of drug-likeness (QED) is 0.526. The number of aromatic amines is 1. The van der Waals surface area contributed by atoms with E-state index in [9.17, 15) is 24.3 Å². The number of carbonyl (C=O) groups excluding carboxylic acids is 2. The van der Waals surface area contributed by atoms with E-state index in [2.05, 4.69) is 4.98 Å². The summed E-state index contributed by atoms with van der Waals surface area (Å²) in [6, 6.07) is 17.3. The highest BCUT2D eigenvalue weighted by atomic mass is 16.6. The Morgan fingerprint density at radius 1 is 0.879 bits per heavy atom. The second-order valence-electron chi connectivity index (χ2n) is 7.24. The number of aliphatic hydroxyl groups is 1. The van der Waals surface area contributed by atoms with Crippen LogP contribution in [0.15, 0.2) is 82.5 Å². The number of ether oxygens (including phenoxy) is 3. The lowest BCUT2D eigenvalue weighted by atomic mass is 10.1. The fourth-order valence-corrected chi connectivity index (χ4v) is 3.51. The number of carbonyl (C=O) groups is 2. The molecule has 0 saturated carbocycles. The second-order valence-corrected chi connectivity index (χ2v) is 7.24. The molecule has 1 saturated heterocycles. The molecule has 0 amide bonds. The Morgan fingerprint density at radius 3 is 1.94 bits per heavy atom. The number of benzene rings is 2. The lowest BCUT2D eigenvalue weighted by Crippen LogP contribution is -2.42. The summed E-state index contributed by atoms with van der Waals surface area (Å²) in [4.78, 5) is 51.5. The van der Waals surface area contributed by atoms with Gasteiger partial charge in [0.25, 0.3) is 5.56 Å². The minimum atomic E-state index is -1.30. The first-order valence-corrected chi connectivity index (χ1v) is 10.1. The molecular weight excluding hydrogens is 432 g/mol. The molecule has 10 heteroatoms. The predicted molar refractivity (Wildman–Crippen MR) is 114 cm³/mol. The summed E-state index contributed by atoms with van der Waals surface area (Å²) >= 11 is 0. The summed E-state index contributed by atoms with van der Waals surface area (Å²) in [5.74, 6) is -1.47. The van der Waals surface area contributed by atoms with Crippen LogP contribution >= 0.6 is 0 Å². The molecule has 0 bridgehead atoms. The first kappa shape index (κ1) is 22.2. The molecule has 2 heterocycles. The topological polar surface area (TPSA) is 137 Å². The van der Waals surface area contributed by atoms with E-state index < -0.39 is 54.3 Å². The standard InChI is InChI=1S/C23H20N2O8/c26-13-16-18(32-21(28)14-7-3-1-4-8-14)19(33-22(29)15-9-5-2-6-10-15)20(31-16)25-12-11-17(27)24-23(25)30/h1-12,16,18-20,26H,13H2,(H,24,27,30). The average molecular weight is 452 g/mol. The van der Waals surface area contributed by atoms with Crippen molar-refractivity contribution in [1.29, 1.82) is 0 Å². The normalized spacial score (nSPS) is 22.0. The van der Waals surface area contributed by atoms with Crippen molar-refractivity contribution >= 4 is 11.9 Å². The third-order valence-corrected chi connectivity index (χ3v) is 5.10. The van der Waals surface area contributed by atoms with Gasteiger partial charge in [-0.25, -0.2) is 14.4 Å². The Kier molecular flexibility index (Phi) is 6.48. The molecule has 1 aromatic heterocycles. The van der Waals surface area contributed by atoms with Crippen LogP contribution in [-0.4, -0.2) is 51.5 Å². The zero-order chi connectivity index (χ0) is 23.4. The van der Waals surface area contributed by atoms with Crippen molar-refractivity contribution < 1.29 is 28.9 Å². The van der Waals surface area contributed by atoms with Gasteiger partial charge < -0.3 is 19.3 Å². The van der Waals surface area contributed by atoms with Crippen LogP contribution in [0.1, 0.15) is 26.9 Å². The third-order valence-electron chi connectivity index (χ3n) is 5.10. The van der Waals surface area contributed by atoms with Crippen LogP contribution in [0.25, 0.3) is 0 Å². The van der Waals surface area contributed by atoms with Gasteiger partial charge in [-0.3, -0.25) is 14.3 Å². The van der Waals surface area contributed by atoms with Gasteiger partial charge in [0.1, 0.15) is 6.10 Å². The van der Waals surface area contributed by atoms with E-state index >= 15 is 0 Å². The molecule has 1 aliphatic heterocycles. The Labute approximate surface area is 187 Å². The Bertz CT molecular complexity index is 1240. The average Bonchev–Trinajstić information content (AvgIpc) is 3.16. The van der Waals surface area contributed by atoms with Gasteiger partial charge in [-0.15, -0.1) is 0 Å². The van der Waals surface area contributed by atoms with Gasteiger partial charge in [-0.05, 0) is 24.3 Å². The van der Waals surface area contributed by atoms with Gasteiger partial charge in [0.05, 0.1) is 17.7 Å². The molecule has 4 rings (SSSR count). The van der Waals surface area contributed by atoms with Crippen LogP contribution < -0.4 is 11.2 Å². The smallest absolute Gasteiger partial charge is 0.338 e. The van der Waals surface area contributed by atoms with Crippen LogP contribution in [0.5, 0.6) is 0 Å². The highest BCUT2D eigenvalue weighted by Gasteiger charge is 2.50. The summed E-state index contributed by atoms with van der Waals surface area (Å²) in [6.45, 7) is -0.583. The van der Waals surface area contributed by atoms with Crippen molar-refractivity contribution in [3.8, 4) is 0 Å². The zero-order valence-corrected chi connectivity index (χ0v) is 17.2. The Morgan fingerprint density at radius 2 is 1.42 bits per heavy atom. The predicted octanol–water partition coefficient (Wildman–Crippen LogP) is 0.878. The maximum absolute atomic E-state index is 12.8. The van der Waals surface area contributed by atoms with Crippen molar-refractivity contribution in [3.05, 3.63) is 105 Å². The Hall–Kier alpha value is -4.02. The molecule has 2 N–H and O–H groups in total. The van der Waals surface area contributed by atoms with Gasteiger partial charge in [0, 0.05) is 12.3 Å². The Balaban J connectivity index is 1.70. The maximum atomic E-state index is 12.8. The fourth-order valence-electron chi connectivity index (χ4n) is 3.51. The van der Waals surface area contributed by atoms with E-state index in [0.29, 0.717) is 0 Å². The second kappa shape index (κ2) is 9.63. The van der Waals surface area contributed by atoms with Gasteiger partial charge in [0.2, 0.25) is 0 Å². The molecular formula is C23H20N2O8. The summed E-state index contributed by atoms with van der Waals surface area (Å²) < 4.78 is 18.0. The summed E-state index contributed by atoms with van der Waals surface area (Å²) in [5.41, 5.74) is -0.976. The van der Waals surface area contributed by atoms with Gasteiger partial charge in [0.15, 0.2) is 18.4 Å². The largest absolute Gasteiger partial charge is 0.452 e. The van der Waals surface area contributed by atoms with Gasteiger partial charge >= 0.3 is 17.6 Å². The van der Waals surface area contributed by atoms with E-state index in [1.54, 1.807) is 48.5 Å². The number of hydrogen-bond acceptors (Lipinski definition) is 8. The monoisotopic (exact) mass is 452 g/mol. The van der Waals surface area contributed by atoms with E-state index in [1.807, 2.05) is 0 Å². The van der Waals surface area contributed by atoms with E-state index in [-0.39, 0.29) is 11.1 Å². The van der Waals surface area contributed by atoms with E-state index in [0.717, 1.165) is 10.6 Å². The van der Waals surface area contributed by atoms with Crippen molar-refractivity contribution in [2.45, 2.75) is 24.5 Å². The fraction of sp³-hybridized carbons (Fsp3) is 0.217. The summed E-state index contributed by atoms with van der Waals surface area (Å²) in [6.07, 6.45) is -3.74. The maximum Gasteiger partial charge on any atom is 0.338 e. The highest BCUT2D eigenvalue weighted by molar-refractivity contribution is 5.90. The van der Waals surface area contributed by atoms with Gasteiger partial charge in [-0.1, -0.05) is 36.4 Å². The minimum Gasteiger partial charge on any atom is -0.452 e. The number of nitrogens with one attached hydrogen (secondary N) is 1. The van der Waals surface area contributed by atoms with E-state index in [4.69, 9.17) is 14.2 Å². The molecule has 2 aromatic carbocycles. The van der Waals surface area contributed by atoms with Crippen LogP contribution in [-0.2, 0) is 14.2 Å². The molecule has 33 heavy (non-hydrogen) atoms. The SMILES string of the molecule is O=C(OC1C(CO)OC(n2ccc(=O)[nH]c2=O)C1OC(=O)c1ccccc1)c1ccccc1. The lowest BCUT2D eigenvalue weighted by Gasteiger charge is -2.24. The molecule has 1 aliphatic rings. The molecule has 3 aromatic rings. The summed E-state index contributed by atoms with van der Waals surface area (Å²) in [5, 5.41) is 9.86. The first-order chi connectivity index (χ1) is 16.0. The molecule has 0 radical (unpaired) electrons.